The molecular weight excluding hydrogens is 691 g/mol. The Morgan fingerprint density at radius 1 is 0.698 bits per heavy atom. The van der Waals surface area contributed by atoms with E-state index < -0.39 is 10.0 Å². The summed E-state index contributed by atoms with van der Waals surface area (Å²) in [5.41, 5.74) is 5.42. The maximum Gasteiger partial charge on any atom is 0.306 e. The summed E-state index contributed by atoms with van der Waals surface area (Å²) in [5, 5.41) is 2.82. The monoisotopic (exact) mass is 735 g/mol. The number of sulfonamides is 1. The molecule has 10 nitrogen and oxygen atoms in total. The summed E-state index contributed by atoms with van der Waals surface area (Å²) < 4.78 is 43.8. The van der Waals surface area contributed by atoms with Crippen LogP contribution in [0.2, 0.25) is 0 Å². The average molecular weight is 736 g/mol. The molecule has 0 aliphatic rings. The summed E-state index contributed by atoms with van der Waals surface area (Å²) in [7, 11) is -3.43. The first kappa shape index (κ1) is 38.4. The van der Waals surface area contributed by atoms with Crippen LogP contribution in [0.15, 0.2) is 127 Å². The van der Waals surface area contributed by atoms with Crippen molar-refractivity contribution in [2.75, 3.05) is 29.0 Å². The van der Waals surface area contributed by atoms with Gasteiger partial charge >= 0.3 is 5.97 Å². The van der Waals surface area contributed by atoms with Crippen LogP contribution in [0.5, 0.6) is 17.2 Å². The summed E-state index contributed by atoms with van der Waals surface area (Å²) in [6.07, 6.45) is 1.96. The van der Waals surface area contributed by atoms with Gasteiger partial charge in [0, 0.05) is 37.7 Å². The first-order chi connectivity index (χ1) is 25.6. The molecule has 0 radical (unpaired) electrons. The van der Waals surface area contributed by atoms with E-state index in [1.807, 2.05) is 110 Å². The van der Waals surface area contributed by atoms with Crippen molar-refractivity contribution in [2.45, 2.75) is 45.9 Å². The lowest BCUT2D eigenvalue weighted by molar-refractivity contribution is -0.145. The number of hydrogen-bond acceptors (Lipinski definition) is 8. The summed E-state index contributed by atoms with van der Waals surface area (Å²) >= 11 is 0. The van der Waals surface area contributed by atoms with E-state index in [1.165, 1.54) is 0 Å². The van der Waals surface area contributed by atoms with Crippen molar-refractivity contribution in [3.63, 3.8) is 0 Å². The van der Waals surface area contributed by atoms with Crippen LogP contribution in [0.3, 0.4) is 0 Å². The lowest BCUT2D eigenvalue weighted by atomic mass is 10.1. The Balaban J connectivity index is 1.09. The molecule has 0 aromatic heterocycles. The van der Waals surface area contributed by atoms with E-state index in [9.17, 15) is 18.0 Å². The molecule has 5 rings (SSSR count). The first-order valence-corrected chi connectivity index (χ1v) is 19.3. The highest BCUT2D eigenvalue weighted by Crippen LogP contribution is 2.31. The van der Waals surface area contributed by atoms with Crippen LogP contribution in [0.1, 0.15) is 41.5 Å². The van der Waals surface area contributed by atoms with Crippen molar-refractivity contribution in [1.82, 2.24) is 5.32 Å². The molecule has 0 bridgehead atoms. The minimum absolute atomic E-state index is 0.152. The number of esters is 1. The van der Waals surface area contributed by atoms with Crippen molar-refractivity contribution in [2.24, 2.45) is 0 Å². The molecule has 5 aromatic carbocycles. The number of amides is 1. The van der Waals surface area contributed by atoms with E-state index in [0.717, 1.165) is 34.2 Å². The molecule has 0 saturated carbocycles. The van der Waals surface area contributed by atoms with Gasteiger partial charge in [0.15, 0.2) is 0 Å². The van der Waals surface area contributed by atoms with Crippen LogP contribution in [-0.2, 0) is 44.0 Å². The van der Waals surface area contributed by atoms with Gasteiger partial charge in [-0.15, -0.1) is 0 Å². The van der Waals surface area contributed by atoms with E-state index in [0.29, 0.717) is 49.0 Å². The van der Waals surface area contributed by atoms with Gasteiger partial charge in [0.25, 0.3) is 0 Å². The van der Waals surface area contributed by atoms with Crippen LogP contribution >= 0.6 is 0 Å². The minimum atomic E-state index is -3.43. The zero-order chi connectivity index (χ0) is 37.5. The molecule has 0 fully saturated rings. The number of carbonyl (C=O) groups is 2. The maximum absolute atomic E-state index is 12.2. The molecule has 11 heteroatoms. The van der Waals surface area contributed by atoms with Crippen molar-refractivity contribution in [3.05, 3.63) is 150 Å². The Hall–Kier alpha value is -5.81. The number of nitrogens with one attached hydrogen (secondary N) is 2. The van der Waals surface area contributed by atoms with Crippen molar-refractivity contribution in [1.29, 1.82) is 0 Å². The molecular formula is C42H45N3O7S. The lowest BCUT2D eigenvalue weighted by Gasteiger charge is -2.28. The maximum atomic E-state index is 12.2. The van der Waals surface area contributed by atoms with Gasteiger partial charge < -0.3 is 24.4 Å². The molecule has 0 saturated heterocycles. The number of rotatable bonds is 19. The van der Waals surface area contributed by atoms with Gasteiger partial charge in [-0.2, -0.15) is 0 Å². The predicted octanol–water partition coefficient (Wildman–Crippen LogP) is 7.77. The van der Waals surface area contributed by atoms with E-state index in [-0.39, 0.29) is 37.9 Å². The highest BCUT2D eigenvalue weighted by atomic mass is 32.2. The fourth-order valence-electron chi connectivity index (χ4n) is 5.60. The molecule has 276 valence electrons. The topological polar surface area (TPSA) is 123 Å². The number of hydrogen-bond donors (Lipinski definition) is 2. The lowest BCUT2D eigenvalue weighted by Crippen LogP contribution is -2.28. The highest BCUT2D eigenvalue weighted by molar-refractivity contribution is 7.92. The SMILES string of the molecule is Cc1c(NS(C)(=O)=O)cccc1N(Cc1ccccc1)Cc1ccc(Oc2cccc(OCCNC(=O)CCCC(=O)OCc3ccccc3)c2)cc1. The third kappa shape index (κ3) is 13.0. The summed E-state index contributed by atoms with van der Waals surface area (Å²) in [4.78, 5) is 26.4. The standard InChI is InChI=1S/C42H45N3O7S/c1-32-39(44-53(2,48)49)18-10-19-40(32)45(29-33-12-5-3-6-13-33)30-34-22-24-36(25-23-34)52-38-17-9-16-37(28-38)50-27-26-43-41(46)20-11-21-42(47)51-31-35-14-7-4-8-15-35/h3-10,12-19,22-25,28,44H,11,20-21,26-27,29-31H2,1-2H3,(H,43,46). The van der Waals surface area contributed by atoms with Crippen LogP contribution < -0.4 is 24.4 Å². The Kier molecular flexibility index (Phi) is 13.9. The average Bonchev–Trinajstić information content (AvgIpc) is 3.14. The molecule has 2 N–H and O–H groups in total. The van der Waals surface area contributed by atoms with Crippen LogP contribution in [-0.4, -0.2) is 39.7 Å². The smallest absolute Gasteiger partial charge is 0.306 e. The fraction of sp³-hybridized carbons (Fsp3) is 0.238. The van der Waals surface area contributed by atoms with E-state index in [2.05, 4.69) is 27.1 Å². The molecule has 0 unspecified atom stereocenters. The molecule has 1 amide bonds. The van der Waals surface area contributed by atoms with Gasteiger partial charge in [-0.05, 0) is 72.0 Å². The highest BCUT2D eigenvalue weighted by Gasteiger charge is 2.15. The van der Waals surface area contributed by atoms with Gasteiger partial charge in [-0.25, -0.2) is 8.42 Å². The number of benzene rings is 5. The normalized spacial score (nSPS) is 11.0. The van der Waals surface area contributed by atoms with Crippen LogP contribution in [0, 0.1) is 6.92 Å². The molecule has 0 spiro atoms. The quantitative estimate of drug-likeness (QED) is 0.0652. The molecule has 0 aliphatic heterocycles. The van der Waals surface area contributed by atoms with Gasteiger partial charge in [0.2, 0.25) is 15.9 Å². The second-order valence-electron chi connectivity index (χ2n) is 12.6. The third-order valence-corrected chi connectivity index (χ3v) is 8.81. The third-order valence-electron chi connectivity index (χ3n) is 8.22. The zero-order valence-electron chi connectivity index (χ0n) is 30.0. The van der Waals surface area contributed by atoms with Gasteiger partial charge in [0.1, 0.15) is 30.5 Å². The largest absolute Gasteiger partial charge is 0.492 e. The first-order valence-electron chi connectivity index (χ1n) is 17.4. The second kappa shape index (κ2) is 19.1. The Bertz CT molecular complexity index is 2040. The molecule has 53 heavy (non-hydrogen) atoms. The predicted molar refractivity (Wildman–Crippen MR) is 208 cm³/mol. The zero-order valence-corrected chi connectivity index (χ0v) is 30.8. The molecule has 0 heterocycles. The van der Waals surface area contributed by atoms with Crippen LogP contribution in [0.4, 0.5) is 11.4 Å². The van der Waals surface area contributed by atoms with Crippen molar-refractivity contribution >= 4 is 33.3 Å². The number of carbonyl (C=O) groups excluding carboxylic acids is 2. The molecule has 0 aliphatic carbocycles. The Labute approximate surface area is 311 Å². The summed E-state index contributed by atoms with van der Waals surface area (Å²) in [5.74, 6) is 1.39. The minimum Gasteiger partial charge on any atom is -0.492 e. The van der Waals surface area contributed by atoms with E-state index in [1.54, 1.807) is 12.1 Å². The van der Waals surface area contributed by atoms with Gasteiger partial charge in [-0.1, -0.05) is 84.9 Å². The Morgan fingerprint density at radius 3 is 2.04 bits per heavy atom. The van der Waals surface area contributed by atoms with E-state index in [4.69, 9.17) is 14.2 Å². The Morgan fingerprint density at radius 2 is 1.34 bits per heavy atom. The number of ether oxygens (including phenoxy) is 3. The van der Waals surface area contributed by atoms with Gasteiger partial charge in [-0.3, -0.25) is 14.3 Å². The van der Waals surface area contributed by atoms with Crippen molar-refractivity contribution < 1.29 is 32.2 Å². The fourth-order valence-corrected chi connectivity index (χ4v) is 6.23. The van der Waals surface area contributed by atoms with E-state index >= 15 is 0 Å². The summed E-state index contributed by atoms with van der Waals surface area (Å²) in [6, 6.07) is 40.4. The molecule has 0 atom stereocenters. The molecule has 5 aromatic rings. The summed E-state index contributed by atoms with van der Waals surface area (Å²) in [6.45, 7) is 3.95. The number of nitrogens with zero attached hydrogens (tertiary/aromatic N) is 1. The number of anilines is 2. The van der Waals surface area contributed by atoms with Gasteiger partial charge in [0.05, 0.1) is 18.5 Å². The van der Waals surface area contributed by atoms with Crippen LogP contribution in [0.25, 0.3) is 0 Å². The van der Waals surface area contributed by atoms with Crippen molar-refractivity contribution in [3.8, 4) is 17.2 Å². The second-order valence-corrected chi connectivity index (χ2v) is 14.3.